The second-order valence-electron chi connectivity index (χ2n) is 4.25. The maximum Gasteiger partial charge on any atom is 0.119 e. The van der Waals surface area contributed by atoms with Gasteiger partial charge >= 0.3 is 0 Å². The Labute approximate surface area is 73.4 Å². The Morgan fingerprint density at radius 3 is 2.08 bits per heavy atom. The van der Waals surface area contributed by atoms with Gasteiger partial charge in [0, 0.05) is 5.41 Å². The monoisotopic (exact) mass is 174 g/mol. The molecule has 0 amide bonds. The average Bonchev–Trinajstić information content (AvgIpc) is 1.98. The van der Waals surface area contributed by atoms with Gasteiger partial charge in [0.1, 0.15) is 5.60 Å². The first-order valence-corrected chi connectivity index (χ1v) is 4.37. The fourth-order valence-electron chi connectivity index (χ4n) is 1.49. The first kappa shape index (κ1) is 9.96. The molecule has 72 valence electrons. The van der Waals surface area contributed by atoms with Gasteiger partial charge in [-0.3, -0.25) is 0 Å². The summed E-state index contributed by atoms with van der Waals surface area (Å²) in [5.41, 5.74) is -1.26. The van der Waals surface area contributed by atoms with Gasteiger partial charge in [0.05, 0.1) is 19.8 Å². The molecule has 0 bridgehead atoms. The minimum absolute atomic E-state index is 0.00449. The van der Waals surface area contributed by atoms with Crippen molar-refractivity contribution < 1.29 is 14.9 Å². The molecule has 0 radical (unpaired) electrons. The molecule has 1 fully saturated rings. The Bertz CT molecular complexity index is 163. The van der Waals surface area contributed by atoms with Crippen molar-refractivity contribution in [2.45, 2.75) is 26.4 Å². The summed E-state index contributed by atoms with van der Waals surface area (Å²) in [5, 5.41) is 19.3. The van der Waals surface area contributed by atoms with E-state index >= 15 is 0 Å². The summed E-state index contributed by atoms with van der Waals surface area (Å²) in [6, 6.07) is 0. The van der Waals surface area contributed by atoms with E-state index < -0.39 is 11.0 Å². The quantitative estimate of drug-likeness (QED) is 0.651. The van der Waals surface area contributed by atoms with Gasteiger partial charge in [-0.15, -0.1) is 0 Å². The summed E-state index contributed by atoms with van der Waals surface area (Å²) in [6.45, 7) is 6.62. The first-order chi connectivity index (χ1) is 5.46. The largest absolute Gasteiger partial charge is 0.396 e. The van der Waals surface area contributed by atoms with Gasteiger partial charge in [-0.25, -0.2) is 0 Å². The lowest BCUT2D eigenvalue weighted by Gasteiger charge is -2.51. The normalized spacial score (nSPS) is 26.5. The number of hydrogen-bond donors (Lipinski definition) is 2. The molecule has 3 heteroatoms. The Kier molecular flexibility index (Phi) is 2.47. The van der Waals surface area contributed by atoms with Crippen LogP contribution >= 0.6 is 0 Å². The molecule has 1 aliphatic rings. The Balaban J connectivity index is 2.78. The fourth-order valence-corrected chi connectivity index (χ4v) is 1.49. The van der Waals surface area contributed by atoms with E-state index in [2.05, 4.69) is 0 Å². The van der Waals surface area contributed by atoms with E-state index in [9.17, 15) is 10.2 Å². The lowest BCUT2D eigenvalue weighted by atomic mass is 9.65. The second kappa shape index (κ2) is 2.98. The van der Waals surface area contributed by atoms with E-state index in [0.29, 0.717) is 13.2 Å². The number of aliphatic hydroxyl groups excluding tert-OH is 1. The summed E-state index contributed by atoms with van der Waals surface area (Å²) in [5.74, 6) is 0.247. The van der Waals surface area contributed by atoms with Crippen molar-refractivity contribution in [3.8, 4) is 0 Å². The maximum atomic E-state index is 10.0. The molecule has 1 unspecified atom stereocenters. The number of ether oxygens (including phenoxy) is 1. The molecule has 1 rings (SSSR count). The topological polar surface area (TPSA) is 49.7 Å². The van der Waals surface area contributed by atoms with Crippen LogP contribution in [-0.2, 0) is 4.74 Å². The first-order valence-electron chi connectivity index (χ1n) is 4.37. The van der Waals surface area contributed by atoms with E-state index in [0.717, 1.165) is 0 Å². The van der Waals surface area contributed by atoms with Crippen molar-refractivity contribution >= 4 is 0 Å². The predicted molar refractivity (Wildman–Crippen MR) is 45.8 cm³/mol. The second-order valence-corrected chi connectivity index (χ2v) is 4.25. The van der Waals surface area contributed by atoms with Crippen LogP contribution in [0.25, 0.3) is 0 Å². The lowest BCUT2D eigenvalue weighted by molar-refractivity contribution is -0.256. The highest BCUT2D eigenvalue weighted by Crippen LogP contribution is 2.42. The fraction of sp³-hybridized carbons (Fsp3) is 1.00. The van der Waals surface area contributed by atoms with E-state index in [1.807, 2.05) is 20.8 Å². The molecule has 2 N–H and O–H groups in total. The number of rotatable bonds is 3. The zero-order chi connectivity index (χ0) is 9.41. The molecule has 0 saturated carbocycles. The third kappa shape index (κ3) is 1.16. The highest BCUT2D eigenvalue weighted by molar-refractivity contribution is 5.01. The minimum Gasteiger partial charge on any atom is -0.396 e. The van der Waals surface area contributed by atoms with E-state index in [-0.39, 0.29) is 12.5 Å². The van der Waals surface area contributed by atoms with Gasteiger partial charge < -0.3 is 14.9 Å². The highest BCUT2D eigenvalue weighted by atomic mass is 16.5. The van der Waals surface area contributed by atoms with Crippen molar-refractivity contribution in [1.82, 2.24) is 0 Å². The summed E-state index contributed by atoms with van der Waals surface area (Å²) in [6.07, 6.45) is 0. The predicted octanol–water partition coefficient (Wildman–Crippen LogP) is 0.402. The third-order valence-electron chi connectivity index (χ3n) is 3.35. The molecule has 12 heavy (non-hydrogen) atoms. The van der Waals surface area contributed by atoms with Gasteiger partial charge in [0.15, 0.2) is 0 Å². The molecule has 0 aromatic heterocycles. The molecular formula is C9H18O3. The maximum absolute atomic E-state index is 10.0. The summed E-state index contributed by atoms with van der Waals surface area (Å²) in [7, 11) is 0. The van der Waals surface area contributed by atoms with Gasteiger partial charge in [-0.05, 0) is 5.92 Å². The van der Waals surface area contributed by atoms with Crippen LogP contribution in [0.1, 0.15) is 20.8 Å². The Hall–Kier alpha value is -0.120. The Morgan fingerprint density at radius 1 is 1.50 bits per heavy atom. The van der Waals surface area contributed by atoms with Crippen LogP contribution in [0, 0.1) is 11.3 Å². The average molecular weight is 174 g/mol. The number of hydrogen-bond acceptors (Lipinski definition) is 3. The van der Waals surface area contributed by atoms with Crippen molar-refractivity contribution in [2.24, 2.45) is 11.3 Å². The van der Waals surface area contributed by atoms with Crippen LogP contribution in [0.3, 0.4) is 0 Å². The molecule has 1 atom stereocenters. The Morgan fingerprint density at radius 2 is 2.00 bits per heavy atom. The SMILES string of the molecule is CC(C)C(C)(CO)C1(O)COC1. The smallest absolute Gasteiger partial charge is 0.119 e. The van der Waals surface area contributed by atoms with Gasteiger partial charge in [0.2, 0.25) is 0 Å². The van der Waals surface area contributed by atoms with E-state index in [1.54, 1.807) is 0 Å². The summed E-state index contributed by atoms with van der Waals surface area (Å²) < 4.78 is 4.97. The summed E-state index contributed by atoms with van der Waals surface area (Å²) >= 11 is 0. The standard InChI is InChI=1S/C9H18O3/c1-7(2)8(3,4-10)9(11)5-12-6-9/h7,10-11H,4-6H2,1-3H3. The van der Waals surface area contributed by atoms with Gasteiger partial charge in [-0.1, -0.05) is 20.8 Å². The molecule has 1 saturated heterocycles. The highest BCUT2D eigenvalue weighted by Gasteiger charge is 2.53. The molecule has 1 heterocycles. The lowest BCUT2D eigenvalue weighted by Crippen LogP contribution is -2.63. The molecule has 1 aliphatic heterocycles. The van der Waals surface area contributed by atoms with Crippen LogP contribution in [-0.4, -0.2) is 35.6 Å². The molecule has 0 aromatic rings. The number of aliphatic hydroxyl groups is 2. The van der Waals surface area contributed by atoms with Crippen molar-refractivity contribution in [1.29, 1.82) is 0 Å². The van der Waals surface area contributed by atoms with Crippen LogP contribution in [0.4, 0.5) is 0 Å². The van der Waals surface area contributed by atoms with Crippen LogP contribution in [0.15, 0.2) is 0 Å². The summed E-state index contributed by atoms with van der Waals surface area (Å²) in [4.78, 5) is 0. The van der Waals surface area contributed by atoms with Gasteiger partial charge in [-0.2, -0.15) is 0 Å². The van der Waals surface area contributed by atoms with E-state index in [1.165, 1.54) is 0 Å². The van der Waals surface area contributed by atoms with Crippen molar-refractivity contribution in [3.05, 3.63) is 0 Å². The van der Waals surface area contributed by atoms with Crippen molar-refractivity contribution in [3.63, 3.8) is 0 Å². The van der Waals surface area contributed by atoms with Crippen LogP contribution in [0.5, 0.6) is 0 Å². The van der Waals surface area contributed by atoms with E-state index in [4.69, 9.17) is 4.74 Å². The van der Waals surface area contributed by atoms with Gasteiger partial charge in [0.25, 0.3) is 0 Å². The molecule has 0 aliphatic carbocycles. The van der Waals surface area contributed by atoms with Crippen LogP contribution in [0.2, 0.25) is 0 Å². The third-order valence-corrected chi connectivity index (χ3v) is 3.35. The van der Waals surface area contributed by atoms with Crippen LogP contribution < -0.4 is 0 Å². The molecule has 3 nitrogen and oxygen atoms in total. The molecule has 0 aromatic carbocycles. The molecule has 0 spiro atoms. The van der Waals surface area contributed by atoms with Crippen molar-refractivity contribution in [2.75, 3.05) is 19.8 Å². The zero-order valence-electron chi connectivity index (χ0n) is 8.00. The zero-order valence-corrected chi connectivity index (χ0v) is 8.00. The molecular weight excluding hydrogens is 156 g/mol. The minimum atomic E-state index is -0.823.